The van der Waals surface area contributed by atoms with Crippen molar-refractivity contribution in [3.05, 3.63) is 41.8 Å². The molecule has 1 atom stereocenters. The topological polar surface area (TPSA) is 53.4 Å². The molecule has 4 nitrogen and oxygen atoms in total. The molecule has 2 aromatic rings. The summed E-state index contributed by atoms with van der Waals surface area (Å²) in [7, 11) is 0. The van der Waals surface area contributed by atoms with Gasteiger partial charge in [0, 0.05) is 24.2 Å². The zero-order valence-electron chi connectivity index (χ0n) is 12.2. The molecule has 0 aliphatic carbocycles. The van der Waals surface area contributed by atoms with Crippen molar-refractivity contribution in [1.29, 1.82) is 0 Å². The summed E-state index contributed by atoms with van der Waals surface area (Å²) in [4.78, 5) is 17.1. The first kappa shape index (κ1) is 15.4. The van der Waals surface area contributed by atoms with Crippen molar-refractivity contribution in [3.63, 3.8) is 0 Å². The maximum atomic E-state index is 13.7. The highest BCUT2D eigenvalue weighted by Gasteiger charge is 2.18. The van der Waals surface area contributed by atoms with E-state index in [1.807, 2.05) is 18.7 Å². The summed E-state index contributed by atoms with van der Waals surface area (Å²) in [5.41, 5.74) is 1.43. The lowest BCUT2D eigenvalue weighted by Crippen LogP contribution is -2.36. The molecule has 0 aliphatic rings. The minimum Gasteiger partial charge on any atom is -0.480 e. The number of carboxylic acids is 1. The predicted octanol–water partition coefficient (Wildman–Crippen LogP) is 3.06. The van der Waals surface area contributed by atoms with Crippen molar-refractivity contribution in [2.75, 3.05) is 6.54 Å². The Balaban J connectivity index is 2.38. The molecule has 0 amide bonds. The molecule has 1 aromatic carbocycles. The number of halogens is 1. The molecule has 0 spiro atoms. The van der Waals surface area contributed by atoms with E-state index in [9.17, 15) is 9.18 Å². The normalized spacial score (nSPS) is 12.8. The highest BCUT2D eigenvalue weighted by atomic mass is 19.1. The zero-order chi connectivity index (χ0) is 15.4. The third kappa shape index (κ3) is 3.76. The van der Waals surface area contributed by atoms with Crippen LogP contribution in [0.15, 0.2) is 30.5 Å². The number of pyridine rings is 1. The number of aliphatic carboxylic acids is 1. The van der Waals surface area contributed by atoms with E-state index in [0.717, 1.165) is 17.3 Å². The SMILES string of the molecule is CCC(C)N(CC(=O)O)Cc1cc(F)cc2cccnc12. The Morgan fingerprint density at radius 3 is 2.90 bits per heavy atom. The zero-order valence-corrected chi connectivity index (χ0v) is 12.2. The number of carboxylic acid groups (broad SMARTS) is 1. The van der Waals surface area contributed by atoms with Gasteiger partial charge in [0.2, 0.25) is 0 Å². The molecule has 5 heteroatoms. The van der Waals surface area contributed by atoms with E-state index in [4.69, 9.17) is 5.11 Å². The fourth-order valence-electron chi connectivity index (χ4n) is 2.37. The van der Waals surface area contributed by atoms with Gasteiger partial charge in [0.25, 0.3) is 0 Å². The maximum absolute atomic E-state index is 13.7. The molecule has 0 bridgehead atoms. The second kappa shape index (κ2) is 6.63. The van der Waals surface area contributed by atoms with E-state index in [1.165, 1.54) is 12.1 Å². The molecule has 0 fully saturated rings. The summed E-state index contributed by atoms with van der Waals surface area (Å²) < 4.78 is 13.7. The van der Waals surface area contributed by atoms with Crippen LogP contribution in [0.4, 0.5) is 4.39 Å². The highest BCUT2D eigenvalue weighted by Crippen LogP contribution is 2.21. The summed E-state index contributed by atoms with van der Waals surface area (Å²) in [6.45, 7) is 4.27. The fraction of sp³-hybridized carbons (Fsp3) is 0.375. The number of hydrogen-bond donors (Lipinski definition) is 1. The van der Waals surface area contributed by atoms with Gasteiger partial charge in [0.1, 0.15) is 5.82 Å². The van der Waals surface area contributed by atoms with E-state index in [0.29, 0.717) is 12.1 Å². The number of aromatic nitrogens is 1. The Labute approximate surface area is 123 Å². The van der Waals surface area contributed by atoms with Crippen LogP contribution in [0.1, 0.15) is 25.8 Å². The first-order chi connectivity index (χ1) is 10.0. The third-order valence-corrected chi connectivity index (χ3v) is 3.67. The van der Waals surface area contributed by atoms with E-state index in [-0.39, 0.29) is 18.4 Å². The van der Waals surface area contributed by atoms with Crippen molar-refractivity contribution in [3.8, 4) is 0 Å². The van der Waals surface area contributed by atoms with Crippen LogP contribution in [0.2, 0.25) is 0 Å². The van der Waals surface area contributed by atoms with Gasteiger partial charge < -0.3 is 5.11 Å². The minimum absolute atomic E-state index is 0.0696. The van der Waals surface area contributed by atoms with Gasteiger partial charge >= 0.3 is 5.97 Å². The largest absolute Gasteiger partial charge is 0.480 e. The number of rotatable bonds is 6. The molecule has 112 valence electrons. The van der Waals surface area contributed by atoms with Crippen LogP contribution in [0.5, 0.6) is 0 Å². The summed E-state index contributed by atoms with van der Waals surface area (Å²) in [5, 5.41) is 9.77. The molecular formula is C16H19FN2O2. The predicted molar refractivity (Wildman–Crippen MR) is 79.5 cm³/mol. The highest BCUT2D eigenvalue weighted by molar-refractivity contribution is 5.81. The standard InChI is InChI=1S/C16H19FN2O2/c1-3-11(2)19(10-15(20)21)9-13-8-14(17)7-12-5-4-6-18-16(12)13/h4-8,11H,3,9-10H2,1-2H3,(H,20,21). The molecule has 21 heavy (non-hydrogen) atoms. The van der Waals surface area contributed by atoms with Gasteiger partial charge in [-0.15, -0.1) is 0 Å². The Hall–Kier alpha value is -2.01. The van der Waals surface area contributed by atoms with Gasteiger partial charge in [-0.2, -0.15) is 0 Å². The Morgan fingerprint density at radius 1 is 1.48 bits per heavy atom. The first-order valence-corrected chi connectivity index (χ1v) is 7.00. The number of carbonyl (C=O) groups is 1. The van der Waals surface area contributed by atoms with Crippen molar-refractivity contribution >= 4 is 16.9 Å². The summed E-state index contributed by atoms with van der Waals surface area (Å²) >= 11 is 0. The summed E-state index contributed by atoms with van der Waals surface area (Å²) in [5.74, 6) is -1.21. The lowest BCUT2D eigenvalue weighted by atomic mass is 10.1. The van der Waals surface area contributed by atoms with Gasteiger partial charge in [0.15, 0.2) is 0 Å². The molecule has 0 radical (unpaired) electrons. The summed E-state index contributed by atoms with van der Waals surface area (Å²) in [6, 6.07) is 6.54. The van der Waals surface area contributed by atoms with E-state index in [2.05, 4.69) is 4.98 Å². The van der Waals surface area contributed by atoms with Crippen molar-refractivity contribution in [2.24, 2.45) is 0 Å². The van der Waals surface area contributed by atoms with Crippen LogP contribution in [0.25, 0.3) is 10.9 Å². The Bertz CT molecular complexity index is 645. The van der Waals surface area contributed by atoms with Crippen LogP contribution < -0.4 is 0 Å². The van der Waals surface area contributed by atoms with Crippen molar-refractivity contribution in [1.82, 2.24) is 9.88 Å². The Morgan fingerprint density at radius 2 is 2.24 bits per heavy atom. The van der Waals surface area contributed by atoms with Gasteiger partial charge in [-0.1, -0.05) is 13.0 Å². The Kier molecular flexibility index (Phi) is 4.85. The molecule has 1 unspecified atom stereocenters. The van der Waals surface area contributed by atoms with Crippen LogP contribution in [-0.4, -0.2) is 33.5 Å². The second-order valence-electron chi connectivity index (χ2n) is 5.20. The molecule has 1 aromatic heterocycles. The van der Waals surface area contributed by atoms with Gasteiger partial charge in [-0.25, -0.2) is 4.39 Å². The fourth-order valence-corrected chi connectivity index (χ4v) is 2.37. The minimum atomic E-state index is -0.885. The van der Waals surface area contributed by atoms with Crippen LogP contribution in [-0.2, 0) is 11.3 Å². The maximum Gasteiger partial charge on any atom is 0.317 e. The van der Waals surface area contributed by atoms with Crippen LogP contribution >= 0.6 is 0 Å². The quantitative estimate of drug-likeness (QED) is 0.888. The molecule has 0 saturated heterocycles. The number of fused-ring (bicyclic) bond motifs is 1. The molecule has 2 rings (SSSR count). The lowest BCUT2D eigenvalue weighted by Gasteiger charge is -2.27. The number of benzene rings is 1. The molecule has 1 heterocycles. The average molecular weight is 290 g/mol. The van der Waals surface area contributed by atoms with Crippen molar-refractivity contribution in [2.45, 2.75) is 32.9 Å². The molecular weight excluding hydrogens is 271 g/mol. The monoisotopic (exact) mass is 290 g/mol. The first-order valence-electron chi connectivity index (χ1n) is 7.00. The second-order valence-corrected chi connectivity index (χ2v) is 5.20. The lowest BCUT2D eigenvalue weighted by molar-refractivity contribution is -0.139. The van der Waals surface area contributed by atoms with Gasteiger partial charge in [-0.3, -0.25) is 14.7 Å². The van der Waals surface area contributed by atoms with Crippen molar-refractivity contribution < 1.29 is 14.3 Å². The smallest absolute Gasteiger partial charge is 0.317 e. The van der Waals surface area contributed by atoms with E-state index >= 15 is 0 Å². The average Bonchev–Trinajstić information content (AvgIpc) is 2.45. The van der Waals surface area contributed by atoms with Gasteiger partial charge in [-0.05, 0) is 37.1 Å². The third-order valence-electron chi connectivity index (χ3n) is 3.67. The number of nitrogens with zero attached hydrogens (tertiary/aromatic N) is 2. The molecule has 0 aliphatic heterocycles. The number of hydrogen-bond acceptors (Lipinski definition) is 3. The summed E-state index contributed by atoms with van der Waals surface area (Å²) in [6.07, 6.45) is 2.49. The molecule has 0 saturated carbocycles. The van der Waals surface area contributed by atoms with Crippen LogP contribution in [0.3, 0.4) is 0 Å². The van der Waals surface area contributed by atoms with Crippen LogP contribution in [0, 0.1) is 5.82 Å². The molecule has 1 N–H and O–H groups in total. The van der Waals surface area contributed by atoms with E-state index in [1.54, 1.807) is 18.3 Å². The van der Waals surface area contributed by atoms with Gasteiger partial charge in [0.05, 0.1) is 12.1 Å². The van der Waals surface area contributed by atoms with E-state index < -0.39 is 5.97 Å².